The lowest BCUT2D eigenvalue weighted by atomic mass is 9.85. The quantitative estimate of drug-likeness (QED) is 0.0109. The maximum absolute atomic E-state index is 14.3. The van der Waals surface area contributed by atoms with Crippen molar-refractivity contribution in [3.8, 4) is 5.75 Å². The van der Waals surface area contributed by atoms with Crippen molar-refractivity contribution < 1.29 is 76.6 Å². The minimum Gasteiger partial charge on any atom is -0.495 e. The topological polar surface area (TPSA) is 310 Å². The molecule has 2 aliphatic rings. The normalized spacial score (nSPS) is 23.8. The lowest BCUT2D eigenvalue weighted by Crippen LogP contribution is -2.48. The number of hydrogen-bond donors (Lipinski definition) is 5. The third-order valence-electron chi connectivity index (χ3n) is 12.7. The van der Waals surface area contributed by atoms with Crippen LogP contribution >= 0.6 is 11.6 Å². The van der Waals surface area contributed by atoms with E-state index in [0.717, 1.165) is 23.3 Å². The van der Waals surface area contributed by atoms with E-state index in [2.05, 4.69) is 26.0 Å². The average Bonchev–Trinajstić information content (AvgIpc) is 4.13. The van der Waals surface area contributed by atoms with E-state index in [1.165, 1.54) is 44.2 Å². The lowest BCUT2D eigenvalue weighted by molar-refractivity contribution is -0.162. The van der Waals surface area contributed by atoms with E-state index < -0.39 is 71.7 Å². The fraction of sp³-hybridized carbons (Fsp3) is 0.596. The summed E-state index contributed by atoms with van der Waals surface area (Å²) in [4.78, 5) is 93.3. The molecule has 6 N–H and O–H groups in total. The van der Waals surface area contributed by atoms with Gasteiger partial charge in [-0.05, 0) is 57.4 Å². The molecular formula is C52H77ClN8O16. The number of rotatable bonds is 29. The summed E-state index contributed by atoms with van der Waals surface area (Å²) in [6.07, 6.45) is 6.79. The smallest absolute Gasteiger partial charge is 0.328 e. The summed E-state index contributed by atoms with van der Waals surface area (Å²) in [7, 11) is 5.95. The molecule has 428 valence electrons. The number of amides is 5. The largest absolute Gasteiger partial charge is 0.495 e. The first-order valence-electron chi connectivity index (χ1n) is 25.1. The number of epoxide rings is 1. The monoisotopic (exact) mass is 1100 g/mol. The number of allylic oxidation sites excluding steroid dienone is 4. The van der Waals surface area contributed by atoms with E-state index in [1.807, 2.05) is 19.1 Å². The Morgan fingerprint density at radius 1 is 1.04 bits per heavy atom. The molecule has 0 aromatic heterocycles. The SMILES string of the molecule is COc1cc2cc(c1Cl)N(C)C(=O)CC(OC(=O)[C@H](C)N(C)C(=O)COCCN=CC(COCCOCCOCCNC(=O)CCNC(=O)/C=C\C=O)=NN)[C@]1(C)OC1[C@H](C)C(O)CC(NC=O)C(OC)/C=C/C=C(\C)C2. The average molecular weight is 1110 g/mol. The molecule has 8 atom stereocenters. The summed E-state index contributed by atoms with van der Waals surface area (Å²) >= 11 is 6.79. The lowest BCUT2D eigenvalue weighted by Gasteiger charge is -2.30. The first kappa shape index (κ1) is 65.2. The number of nitrogens with zero attached hydrogens (tertiary/aromatic N) is 4. The van der Waals surface area contributed by atoms with Crippen LogP contribution in [0.25, 0.3) is 0 Å². The second-order valence-electron chi connectivity index (χ2n) is 18.3. The van der Waals surface area contributed by atoms with Crippen LogP contribution in [0.2, 0.25) is 5.02 Å². The Morgan fingerprint density at radius 3 is 2.42 bits per heavy atom. The molecule has 24 nitrogen and oxygen atoms in total. The molecule has 0 radical (unpaired) electrons. The van der Waals surface area contributed by atoms with Crippen molar-refractivity contribution in [1.82, 2.24) is 20.9 Å². The number of hydrogen-bond acceptors (Lipinski definition) is 19. The Balaban J connectivity index is 1.52. The zero-order valence-electron chi connectivity index (χ0n) is 45.2. The van der Waals surface area contributed by atoms with E-state index in [0.29, 0.717) is 49.5 Å². The van der Waals surface area contributed by atoms with Crippen LogP contribution in [-0.2, 0) is 73.1 Å². The molecule has 5 amide bonds. The number of aldehydes is 1. The molecule has 2 heterocycles. The van der Waals surface area contributed by atoms with Crippen molar-refractivity contribution in [3.05, 3.63) is 58.7 Å². The first-order valence-corrected chi connectivity index (χ1v) is 25.5. The van der Waals surface area contributed by atoms with Crippen molar-refractivity contribution in [2.75, 3.05) is 106 Å². The Hall–Kier alpha value is -6.12. The molecule has 25 heteroatoms. The Labute approximate surface area is 455 Å². The third kappa shape index (κ3) is 22.0. The number of nitrogens with one attached hydrogen (secondary N) is 3. The Bertz CT molecular complexity index is 2260. The van der Waals surface area contributed by atoms with Gasteiger partial charge in [0, 0.05) is 58.9 Å². The maximum Gasteiger partial charge on any atom is 0.328 e. The van der Waals surface area contributed by atoms with Gasteiger partial charge in [-0.15, -0.1) is 0 Å². The number of nitrogens with two attached hydrogens (primary N) is 1. The van der Waals surface area contributed by atoms with Gasteiger partial charge in [0.25, 0.3) is 0 Å². The van der Waals surface area contributed by atoms with Gasteiger partial charge in [-0.25, -0.2) is 4.79 Å². The zero-order chi connectivity index (χ0) is 56.9. The molecule has 5 unspecified atom stereocenters. The fourth-order valence-corrected chi connectivity index (χ4v) is 8.24. The highest BCUT2D eigenvalue weighted by Crippen LogP contribution is 2.48. The van der Waals surface area contributed by atoms with Crippen LogP contribution in [0, 0.1) is 5.92 Å². The summed E-state index contributed by atoms with van der Waals surface area (Å²) in [6.45, 7) is 8.50. The predicted molar refractivity (Wildman–Crippen MR) is 286 cm³/mol. The number of carbonyl (C=O) groups is 7. The maximum atomic E-state index is 14.3. The summed E-state index contributed by atoms with van der Waals surface area (Å²) in [6, 6.07) is 1.80. The van der Waals surface area contributed by atoms with E-state index in [1.54, 1.807) is 39.1 Å². The van der Waals surface area contributed by atoms with Gasteiger partial charge >= 0.3 is 5.97 Å². The number of benzene rings is 1. The minimum absolute atomic E-state index is 0.0422. The molecule has 0 spiro atoms. The van der Waals surface area contributed by atoms with Crippen LogP contribution in [0.15, 0.2) is 58.2 Å². The van der Waals surface area contributed by atoms with Crippen LogP contribution in [0.3, 0.4) is 0 Å². The molecule has 1 saturated heterocycles. The van der Waals surface area contributed by atoms with Crippen molar-refractivity contribution in [2.24, 2.45) is 21.9 Å². The number of aliphatic hydroxyl groups excluding tert-OH is 1. The molecular weight excluding hydrogens is 1030 g/mol. The first-order chi connectivity index (χ1) is 36.8. The molecule has 2 aliphatic heterocycles. The van der Waals surface area contributed by atoms with Gasteiger partial charge in [0.2, 0.25) is 30.0 Å². The van der Waals surface area contributed by atoms with Gasteiger partial charge in [-0.3, -0.25) is 33.8 Å². The summed E-state index contributed by atoms with van der Waals surface area (Å²) in [5.41, 5.74) is 1.18. The summed E-state index contributed by atoms with van der Waals surface area (Å²) in [5, 5.41) is 23.3. The Morgan fingerprint density at radius 2 is 1.74 bits per heavy atom. The van der Waals surface area contributed by atoms with Gasteiger partial charge in [0.1, 0.15) is 47.1 Å². The van der Waals surface area contributed by atoms with Gasteiger partial charge in [0.05, 0.1) is 96.4 Å². The standard InChI is InChI=1S/C52H77ClN8O16/c1-34-11-9-12-42(70-7)39(58-33-63)28-41(64)35(2)50-52(4,77-50)44(29-47(67)61(6)40-26-37(25-34)27-43(71-8)49(40)53)76-51(69)36(3)60(5)48(68)32-74-19-16-55-30-38(59-54)31-75-24-23-73-22-21-72-20-17-57-46(66)14-15-56-45(65)13-10-18-62/h9-13,18,26-27,30,33,35-36,39,41-42,44,50,64H,14-17,19-25,28-29,31-32,54H2,1-8H3,(H,56,65)(H,57,66)(H,58,63)/b12-9+,13-10-,34-11+,55-30?,59-38?/t35-,36+,39?,41?,42?,44?,50?,52+/m1/s1. The second kappa shape index (κ2) is 34.6. The summed E-state index contributed by atoms with van der Waals surface area (Å²) in [5.74, 6) is 2.71. The number of aliphatic hydroxyl groups is 1. The number of anilines is 1. The van der Waals surface area contributed by atoms with Crippen LogP contribution in [0.4, 0.5) is 5.69 Å². The third-order valence-corrected chi connectivity index (χ3v) is 13.1. The zero-order valence-corrected chi connectivity index (χ0v) is 46.0. The Kier molecular flexibility index (Phi) is 29.3. The van der Waals surface area contributed by atoms with E-state index in [9.17, 15) is 38.7 Å². The van der Waals surface area contributed by atoms with E-state index in [4.69, 9.17) is 55.3 Å². The van der Waals surface area contributed by atoms with Gasteiger partial charge < -0.3 is 74.6 Å². The molecule has 1 aromatic carbocycles. The number of ether oxygens (including phenoxy) is 8. The molecule has 0 aliphatic carbocycles. The molecule has 0 saturated carbocycles. The molecule has 1 fully saturated rings. The molecule has 77 heavy (non-hydrogen) atoms. The number of halogens is 1. The van der Waals surface area contributed by atoms with Crippen LogP contribution < -0.4 is 31.4 Å². The minimum atomic E-state index is -1.26. The van der Waals surface area contributed by atoms with Crippen molar-refractivity contribution in [3.63, 3.8) is 0 Å². The van der Waals surface area contributed by atoms with Crippen LogP contribution in [-0.4, -0.2) is 207 Å². The van der Waals surface area contributed by atoms with Crippen molar-refractivity contribution in [2.45, 2.75) is 95.5 Å². The number of esters is 1. The predicted octanol–water partition coefficient (Wildman–Crippen LogP) is 1.02. The van der Waals surface area contributed by atoms with Crippen LogP contribution in [0.1, 0.15) is 52.5 Å². The number of likely N-dealkylation sites (N-methyl/N-ethyl adjacent to an activating group) is 1. The molecule has 3 rings (SSSR count). The van der Waals surface area contributed by atoms with Gasteiger partial charge in [-0.1, -0.05) is 42.3 Å². The number of methoxy groups -OCH3 is 2. The van der Waals surface area contributed by atoms with Gasteiger partial charge in [-0.2, -0.15) is 5.10 Å². The highest BCUT2D eigenvalue weighted by Gasteiger charge is 2.63. The fourth-order valence-electron chi connectivity index (χ4n) is 7.92. The summed E-state index contributed by atoms with van der Waals surface area (Å²) < 4.78 is 45.6. The van der Waals surface area contributed by atoms with Crippen molar-refractivity contribution >= 4 is 71.5 Å². The molecule has 1 aromatic rings. The molecule has 2 bridgehead atoms. The number of aliphatic imine (C=N–C) groups is 1. The number of carbonyl (C=O) groups excluding carboxylic acids is 7. The van der Waals surface area contributed by atoms with E-state index >= 15 is 0 Å². The number of hydrazone groups is 1. The highest BCUT2D eigenvalue weighted by atomic mass is 35.5. The van der Waals surface area contributed by atoms with E-state index in [-0.39, 0.29) is 89.5 Å². The van der Waals surface area contributed by atoms with Crippen molar-refractivity contribution in [1.29, 1.82) is 0 Å². The van der Waals surface area contributed by atoms with Crippen LogP contribution in [0.5, 0.6) is 5.75 Å². The van der Waals surface area contributed by atoms with Gasteiger partial charge in [0.15, 0.2) is 0 Å². The highest BCUT2D eigenvalue weighted by molar-refractivity contribution is 6.35. The second-order valence-corrected chi connectivity index (χ2v) is 18.7. The number of fused-ring (bicyclic) bond motifs is 3.